The van der Waals surface area contributed by atoms with E-state index in [1.54, 1.807) is 0 Å². The lowest BCUT2D eigenvalue weighted by Crippen LogP contribution is -2.30. The number of rotatable bonds is 2. The topological polar surface area (TPSA) is 125 Å². The molecule has 1 aliphatic rings. The van der Waals surface area contributed by atoms with Gasteiger partial charge >= 0.3 is 0 Å². The van der Waals surface area contributed by atoms with Gasteiger partial charge in [0.1, 0.15) is 17.6 Å². The first-order chi connectivity index (χ1) is 10.5. The third kappa shape index (κ3) is 2.36. The second-order valence-electron chi connectivity index (χ2n) is 5.10. The minimum atomic E-state index is -0.908. The van der Waals surface area contributed by atoms with E-state index >= 15 is 0 Å². The molecule has 7 nitrogen and oxygen atoms in total. The monoisotopic (exact) mass is 305 g/mol. The van der Waals surface area contributed by atoms with Crippen LogP contribution in [0.4, 0.5) is 0 Å². The maximum atomic E-state index is 10.3. The van der Waals surface area contributed by atoms with Crippen molar-refractivity contribution >= 4 is 0 Å². The lowest BCUT2D eigenvalue weighted by atomic mass is 9.94. The molecule has 0 unspecified atom stereocenters. The summed E-state index contributed by atoms with van der Waals surface area (Å²) in [5, 5.41) is 38.9. The van der Waals surface area contributed by atoms with Crippen molar-refractivity contribution in [1.82, 2.24) is 0 Å². The molecule has 0 aliphatic carbocycles. The molecular weight excluding hydrogens is 290 g/mol. The normalized spacial score (nSPS) is 20.1. The summed E-state index contributed by atoms with van der Waals surface area (Å²) in [5.41, 5.74) is 1.04. The number of hydrogen-bond acceptors (Lipinski definition) is 7. The average molecular weight is 305 g/mol. The zero-order valence-corrected chi connectivity index (χ0v) is 11.4. The van der Waals surface area contributed by atoms with Crippen LogP contribution >= 0.6 is 0 Å². The Kier molecular flexibility index (Phi) is 3.44. The van der Waals surface area contributed by atoms with Crippen LogP contribution in [0.5, 0.6) is 28.7 Å². The molecule has 22 heavy (non-hydrogen) atoms. The molecule has 0 amide bonds. The molecule has 0 aromatic heterocycles. The molecule has 6 N–H and O–H groups in total. The average Bonchev–Trinajstić information content (AvgIpc) is 2.49. The van der Waals surface area contributed by atoms with Crippen LogP contribution in [0.3, 0.4) is 0 Å². The Morgan fingerprint density at radius 3 is 2.55 bits per heavy atom. The summed E-state index contributed by atoms with van der Waals surface area (Å²) in [6, 6.07) is 6.90. The molecule has 0 spiro atoms. The van der Waals surface area contributed by atoms with E-state index in [-0.39, 0.29) is 29.4 Å². The van der Waals surface area contributed by atoms with Gasteiger partial charge in [0.15, 0.2) is 17.2 Å². The first kappa shape index (κ1) is 14.3. The van der Waals surface area contributed by atoms with Crippen LogP contribution in [0, 0.1) is 0 Å². The Morgan fingerprint density at radius 2 is 1.86 bits per heavy atom. The van der Waals surface area contributed by atoms with Crippen LogP contribution in [0.2, 0.25) is 0 Å². The third-order valence-electron chi connectivity index (χ3n) is 3.62. The van der Waals surface area contributed by atoms with E-state index in [1.807, 2.05) is 0 Å². The summed E-state index contributed by atoms with van der Waals surface area (Å²) >= 11 is 0. The van der Waals surface area contributed by atoms with Crippen LogP contribution in [-0.2, 0) is 6.42 Å². The molecule has 0 saturated heterocycles. The van der Waals surface area contributed by atoms with Crippen LogP contribution in [0.15, 0.2) is 30.3 Å². The van der Waals surface area contributed by atoms with Crippen LogP contribution < -0.4 is 15.5 Å². The molecule has 2 atom stereocenters. The number of fused-ring (bicyclic) bond motifs is 1. The summed E-state index contributed by atoms with van der Waals surface area (Å²) in [7, 11) is 0. The molecule has 3 rings (SSSR count). The highest BCUT2D eigenvalue weighted by molar-refractivity contribution is 5.52. The van der Waals surface area contributed by atoms with Gasteiger partial charge in [-0.05, 0) is 17.7 Å². The Balaban J connectivity index is 2.00. The maximum Gasteiger partial charge on any atom is 0.157 e. The number of phenolic OH excluding ortho intramolecular Hbond substituents is 3. The summed E-state index contributed by atoms with van der Waals surface area (Å²) < 4.78 is 5.71. The van der Waals surface area contributed by atoms with Gasteiger partial charge in [0, 0.05) is 24.1 Å². The molecule has 0 fully saturated rings. The van der Waals surface area contributed by atoms with Gasteiger partial charge in [0.25, 0.3) is 0 Å². The fourth-order valence-electron chi connectivity index (χ4n) is 2.56. The van der Waals surface area contributed by atoms with Crippen LogP contribution in [0.1, 0.15) is 17.2 Å². The van der Waals surface area contributed by atoms with E-state index in [0.717, 1.165) is 0 Å². The highest BCUT2D eigenvalue weighted by atomic mass is 16.6. The Labute approximate surface area is 125 Å². The van der Waals surface area contributed by atoms with E-state index in [1.165, 1.54) is 30.3 Å². The highest BCUT2D eigenvalue weighted by Gasteiger charge is 2.32. The predicted octanol–water partition coefficient (Wildman–Crippen LogP) is 1.09. The first-order valence-corrected chi connectivity index (χ1v) is 6.59. The van der Waals surface area contributed by atoms with Gasteiger partial charge in [-0.1, -0.05) is 6.07 Å². The molecular formula is C15H15NO6. The van der Waals surface area contributed by atoms with Crippen LogP contribution in [0.25, 0.3) is 0 Å². The second-order valence-corrected chi connectivity index (χ2v) is 5.10. The van der Waals surface area contributed by atoms with E-state index in [4.69, 9.17) is 15.5 Å². The number of benzene rings is 2. The van der Waals surface area contributed by atoms with Gasteiger partial charge in [-0.2, -0.15) is 5.90 Å². The van der Waals surface area contributed by atoms with Crippen molar-refractivity contribution in [2.24, 2.45) is 5.90 Å². The lowest BCUT2D eigenvalue weighted by Gasteiger charge is -2.31. The molecule has 1 aliphatic heterocycles. The maximum absolute atomic E-state index is 10.3. The van der Waals surface area contributed by atoms with Crippen molar-refractivity contribution in [3.8, 4) is 28.7 Å². The predicted molar refractivity (Wildman–Crippen MR) is 75.8 cm³/mol. The number of aliphatic hydroxyl groups is 1. The molecule has 2 aromatic carbocycles. The Hall–Kier alpha value is -2.64. The van der Waals surface area contributed by atoms with Crippen molar-refractivity contribution in [2.45, 2.75) is 18.6 Å². The molecule has 0 saturated carbocycles. The number of phenols is 3. The van der Waals surface area contributed by atoms with Crippen molar-refractivity contribution in [3.05, 3.63) is 41.5 Å². The molecule has 7 heteroatoms. The van der Waals surface area contributed by atoms with E-state index < -0.39 is 12.2 Å². The minimum Gasteiger partial charge on any atom is -0.508 e. The zero-order chi connectivity index (χ0) is 15.9. The first-order valence-electron chi connectivity index (χ1n) is 6.59. The fourth-order valence-corrected chi connectivity index (χ4v) is 2.56. The smallest absolute Gasteiger partial charge is 0.157 e. The van der Waals surface area contributed by atoms with Crippen molar-refractivity contribution in [1.29, 1.82) is 0 Å². The summed E-state index contributed by atoms with van der Waals surface area (Å²) in [5.74, 6) is 5.08. The summed E-state index contributed by atoms with van der Waals surface area (Å²) in [4.78, 5) is 4.69. The van der Waals surface area contributed by atoms with Crippen LogP contribution in [-0.4, -0.2) is 26.5 Å². The van der Waals surface area contributed by atoms with Gasteiger partial charge in [-0.15, -0.1) is 0 Å². The quantitative estimate of drug-likeness (QED) is 0.415. The number of ether oxygens (including phenoxy) is 1. The van der Waals surface area contributed by atoms with Gasteiger partial charge in [0.05, 0.1) is 6.10 Å². The third-order valence-corrected chi connectivity index (χ3v) is 3.62. The van der Waals surface area contributed by atoms with E-state index in [2.05, 4.69) is 0 Å². The van der Waals surface area contributed by atoms with E-state index in [0.29, 0.717) is 16.9 Å². The molecule has 1 heterocycles. The second kappa shape index (κ2) is 5.28. The van der Waals surface area contributed by atoms with Gasteiger partial charge in [0.2, 0.25) is 0 Å². The van der Waals surface area contributed by atoms with E-state index in [9.17, 15) is 20.4 Å². The van der Waals surface area contributed by atoms with Crippen molar-refractivity contribution in [3.63, 3.8) is 0 Å². The molecule has 116 valence electrons. The number of aromatic hydroxyl groups is 3. The number of nitrogens with two attached hydrogens (primary N) is 1. The molecule has 2 aromatic rings. The standard InChI is InChI=1S/C15H15NO6/c16-22-14-5-8(17)4-13-9(14)6-12(20)15(21-13)7-1-2-10(18)11(19)3-7/h1-5,12,15,17-20H,6,16H2/t12-,15+/m0/s1. The highest BCUT2D eigenvalue weighted by Crippen LogP contribution is 2.42. The number of aliphatic hydroxyl groups excluding tert-OH is 1. The van der Waals surface area contributed by atoms with Gasteiger partial charge in [-0.25, -0.2) is 0 Å². The SMILES string of the molecule is NOc1cc(O)cc2c1C[C@H](O)[C@@H](c1ccc(O)c(O)c1)O2. The summed E-state index contributed by atoms with van der Waals surface area (Å²) in [6.07, 6.45) is -1.46. The number of hydrogen-bond donors (Lipinski definition) is 5. The lowest BCUT2D eigenvalue weighted by molar-refractivity contribution is 0.0194. The molecule has 0 radical (unpaired) electrons. The van der Waals surface area contributed by atoms with Gasteiger partial charge < -0.3 is 30.0 Å². The fraction of sp³-hybridized carbons (Fsp3) is 0.200. The Bertz CT molecular complexity index is 717. The Morgan fingerprint density at radius 1 is 1.09 bits per heavy atom. The van der Waals surface area contributed by atoms with Gasteiger partial charge in [-0.3, -0.25) is 0 Å². The summed E-state index contributed by atoms with van der Waals surface area (Å²) in [6.45, 7) is 0. The zero-order valence-electron chi connectivity index (χ0n) is 11.4. The minimum absolute atomic E-state index is 0.0807. The molecule has 0 bridgehead atoms. The van der Waals surface area contributed by atoms with Crippen molar-refractivity contribution in [2.75, 3.05) is 0 Å². The van der Waals surface area contributed by atoms with Crippen molar-refractivity contribution < 1.29 is 30.0 Å². The largest absolute Gasteiger partial charge is 0.508 e.